The van der Waals surface area contributed by atoms with E-state index in [1.807, 2.05) is 12.1 Å². The molecule has 2 rings (SSSR count). The second-order valence-electron chi connectivity index (χ2n) is 4.87. The minimum absolute atomic E-state index is 0.121. The van der Waals surface area contributed by atoms with Gasteiger partial charge in [-0.2, -0.15) is 15.5 Å². The summed E-state index contributed by atoms with van der Waals surface area (Å²) in [6.07, 6.45) is 0.713. The monoisotopic (exact) mass is 270 g/mol. The first-order valence-corrected chi connectivity index (χ1v) is 6.24. The van der Waals surface area contributed by atoms with Gasteiger partial charge in [0.2, 0.25) is 5.89 Å². The SMILES string of the molecule is Cc1nc(C#N)c(C#N)n1Cc1noc(CC(C)C)n1. The summed E-state index contributed by atoms with van der Waals surface area (Å²) in [5.74, 6) is 2.06. The Labute approximate surface area is 116 Å². The summed E-state index contributed by atoms with van der Waals surface area (Å²) in [7, 11) is 0. The molecule has 0 saturated carbocycles. The number of aryl methyl sites for hydroxylation is 1. The Hall–Kier alpha value is -2.67. The zero-order valence-corrected chi connectivity index (χ0v) is 11.6. The lowest BCUT2D eigenvalue weighted by molar-refractivity contribution is 0.358. The van der Waals surface area contributed by atoms with Crippen molar-refractivity contribution in [1.82, 2.24) is 19.7 Å². The van der Waals surface area contributed by atoms with Gasteiger partial charge in [-0.3, -0.25) is 0 Å². The van der Waals surface area contributed by atoms with Crippen molar-refractivity contribution in [3.8, 4) is 12.1 Å². The molecule has 0 aromatic carbocycles. The van der Waals surface area contributed by atoms with Crippen LogP contribution in [-0.2, 0) is 13.0 Å². The van der Waals surface area contributed by atoms with Crippen molar-refractivity contribution in [2.45, 2.75) is 33.7 Å². The van der Waals surface area contributed by atoms with Crippen LogP contribution in [-0.4, -0.2) is 19.7 Å². The molecule has 20 heavy (non-hydrogen) atoms. The lowest BCUT2D eigenvalue weighted by atomic mass is 10.1. The molecule has 2 heterocycles. The van der Waals surface area contributed by atoms with Crippen LogP contribution >= 0.6 is 0 Å². The maximum atomic E-state index is 9.12. The van der Waals surface area contributed by atoms with Gasteiger partial charge >= 0.3 is 0 Å². The Balaban J connectivity index is 2.27. The zero-order chi connectivity index (χ0) is 14.7. The molecule has 7 heteroatoms. The fraction of sp³-hybridized carbons (Fsp3) is 0.462. The minimum Gasteiger partial charge on any atom is -0.339 e. The number of rotatable bonds is 4. The summed E-state index contributed by atoms with van der Waals surface area (Å²) in [6.45, 7) is 6.13. The van der Waals surface area contributed by atoms with Crippen LogP contribution in [0.4, 0.5) is 0 Å². The van der Waals surface area contributed by atoms with Gasteiger partial charge < -0.3 is 9.09 Å². The van der Waals surface area contributed by atoms with E-state index in [2.05, 4.69) is 29.0 Å². The average Bonchev–Trinajstić information content (AvgIpc) is 2.94. The molecule has 0 atom stereocenters. The van der Waals surface area contributed by atoms with Gasteiger partial charge in [0.25, 0.3) is 0 Å². The fourth-order valence-electron chi connectivity index (χ4n) is 1.88. The summed E-state index contributed by atoms with van der Waals surface area (Å²) < 4.78 is 6.77. The van der Waals surface area contributed by atoms with Gasteiger partial charge in [-0.1, -0.05) is 19.0 Å². The fourth-order valence-corrected chi connectivity index (χ4v) is 1.88. The van der Waals surface area contributed by atoms with E-state index in [1.54, 1.807) is 11.5 Å². The van der Waals surface area contributed by atoms with Crippen molar-refractivity contribution in [2.75, 3.05) is 0 Å². The highest BCUT2D eigenvalue weighted by Crippen LogP contribution is 2.13. The number of nitriles is 2. The van der Waals surface area contributed by atoms with Crippen molar-refractivity contribution in [3.05, 3.63) is 28.9 Å². The molecule has 0 fully saturated rings. The van der Waals surface area contributed by atoms with Crippen LogP contribution in [0, 0.1) is 35.5 Å². The molecule has 2 aromatic rings. The second-order valence-corrected chi connectivity index (χ2v) is 4.87. The smallest absolute Gasteiger partial charge is 0.226 e. The minimum atomic E-state index is 0.121. The Bertz CT molecular complexity index is 697. The number of nitrogens with zero attached hydrogens (tertiary/aromatic N) is 6. The van der Waals surface area contributed by atoms with Crippen molar-refractivity contribution >= 4 is 0 Å². The predicted molar refractivity (Wildman–Crippen MR) is 68.3 cm³/mol. The van der Waals surface area contributed by atoms with E-state index in [9.17, 15) is 0 Å². The van der Waals surface area contributed by atoms with Gasteiger partial charge in [0.15, 0.2) is 17.2 Å². The van der Waals surface area contributed by atoms with E-state index >= 15 is 0 Å². The van der Waals surface area contributed by atoms with Gasteiger partial charge in [-0.25, -0.2) is 4.98 Å². The lowest BCUT2D eigenvalue weighted by Crippen LogP contribution is -2.06. The number of hydrogen-bond acceptors (Lipinski definition) is 6. The van der Waals surface area contributed by atoms with Gasteiger partial charge in [-0.15, -0.1) is 0 Å². The van der Waals surface area contributed by atoms with E-state index in [0.29, 0.717) is 29.9 Å². The van der Waals surface area contributed by atoms with Crippen LogP contribution in [0.3, 0.4) is 0 Å². The first-order chi connectivity index (χ1) is 9.55. The quantitative estimate of drug-likeness (QED) is 0.835. The predicted octanol–water partition coefficient (Wildman–Crippen LogP) is 1.56. The summed E-state index contributed by atoms with van der Waals surface area (Å²) in [5.41, 5.74) is 0.344. The van der Waals surface area contributed by atoms with Crippen LogP contribution in [0.5, 0.6) is 0 Å². The summed E-state index contributed by atoms with van der Waals surface area (Å²) >= 11 is 0. The first kappa shape index (κ1) is 13.8. The molecule has 0 N–H and O–H groups in total. The van der Waals surface area contributed by atoms with E-state index in [4.69, 9.17) is 15.0 Å². The highest BCUT2D eigenvalue weighted by Gasteiger charge is 2.16. The molecule has 0 spiro atoms. The number of hydrogen-bond donors (Lipinski definition) is 0. The standard InChI is InChI=1S/C13H14N6O/c1-8(2)4-13-17-12(18-20-13)7-19-9(3)16-10(5-14)11(19)6-15/h8H,4,7H2,1-3H3. The second kappa shape index (κ2) is 5.54. The molecule has 7 nitrogen and oxygen atoms in total. The molecule has 0 unspecified atom stereocenters. The molecule has 102 valence electrons. The van der Waals surface area contributed by atoms with Crippen molar-refractivity contribution < 1.29 is 4.52 Å². The Kier molecular flexibility index (Phi) is 3.81. The zero-order valence-electron chi connectivity index (χ0n) is 11.6. The first-order valence-electron chi connectivity index (χ1n) is 6.24. The maximum Gasteiger partial charge on any atom is 0.226 e. The third-order valence-corrected chi connectivity index (χ3v) is 2.76. The van der Waals surface area contributed by atoms with Gasteiger partial charge in [-0.05, 0) is 12.8 Å². The van der Waals surface area contributed by atoms with E-state index in [1.165, 1.54) is 0 Å². The molecule has 0 amide bonds. The van der Waals surface area contributed by atoms with Crippen LogP contribution < -0.4 is 0 Å². The molecule has 0 saturated heterocycles. The summed E-state index contributed by atoms with van der Waals surface area (Å²) in [6, 6.07) is 3.89. The lowest BCUT2D eigenvalue weighted by Gasteiger charge is -2.01. The summed E-state index contributed by atoms with van der Waals surface area (Å²) in [5, 5.41) is 21.9. The van der Waals surface area contributed by atoms with Gasteiger partial charge in [0.05, 0.1) is 6.54 Å². The molecular weight excluding hydrogens is 256 g/mol. The molecule has 0 aliphatic heterocycles. The molecular formula is C13H14N6O. The van der Waals surface area contributed by atoms with Crippen LogP contribution in [0.15, 0.2) is 4.52 Å². The highest BCUT2D eigenvalue weighted by molar-refractivity contribution is 5.38. The van der Waals surface area contributed by atoms with Crippen molar-refractivity contribution in [3.63, 3.8) is 0 Å². The number of imidazole rings is 1. The van der Waals surface area contributed by atoms with Gasteiger partial charge in [0.1, 0.15) is 18.0 Å². The maximum absolute atomic E-state index is 9.12. The molecule has 0 aliphatic carbocycles. The van der Waals surface area contributed by atoms with Crippen molar-refractivity contribution in [2.24, 2.45) is 5.92 Å². The molecule has 0 radical (unpaired) electrons. The van der Waals surface area contributed by atoms with Crippen LogP contribution in [0.1, 0.15) is 42.8 Å². The number of aromatic nitrogens is 4. The topological polar surface area (TPSA) is 104 Å². The normalized spacial score (nSPS) is 10.5. The largest absolute Gasteiger partial charge is 0.339 e. The van der Waals surface area contributed by atoms with Crippen LogP contribution in [0.2, 0.25) is 0 Å². The highest BCUT2D eigenvalue weighted by atomic mass is 16.5. The molecule has 0 bridgehead atoms. The Morgan fingerprint density at radius 2 is 2.00 bits per heavy atom. The molecule has 0 aliphatic rings. The average molecular weight is 270 g/mol. The van der Waals surface area contributed by atoms with E-state index in [-0.39, 0.29) is 17.9 Å². The Morgan fingerprint density at radius 1 is 1.25 bits per heavy atom. The third kappa shape index (κ3) is 2.67. The summed E-state index contributed by atoms with van der Waals surface area (Å²) in [4.78, 5) is 8.32. The third-order valence-electron chi connectivity index (χ3n) is 2.76. The van der Waals surface area contributed by atoms with Crippen LogP contribution in [0.25, 0.3) is 0 Å². The van der Waals surface area contributed by atoms with E-state index < -0.39 is 0 Å². The van der Waals surface area contributed by atoms with E-state index in [0.717, 1.165) is 0 Å². The Morgan fingerprint density at radius 3 is 2.60 bits per heavy atom. The van der Waals surface area contributed by atoms with Crippen molar-refractivity contribution in [1.29, 1.82) is 10.5 Å². The van der Waals surface area contributed by atoms with Gasteiger partial charge in [0, 0.05) is 6.42 Å². The molecule has 2 aromatic heterocycles.